The molecule has 1 nitrogen and oxygen atoms in total. The first kappa shape index (κ1) is 7.25. The second-order valence-electron chi connectivity index (χ2n) is 2.39. The number of aryl methyl sites for hydroxylation is 1. The molecule has 0 aliphatic rings. The minimum Gasteiger partial charge on any atom is -0.229 e. The lowest BCUT2D eigenvalue weighted by Gasteiger charge is -1.90. The zero-order valence-corrected chi connectivity index (χ0v) is 8.37. The van der Waals surface area contributed by atoms with E-state index in [0.29, 0.717) is 0 Å². The van der Waals surface area contributed by atoms with E-state index in [1.54, 1.807) is 11.3 Å². The number of rotatable bonds is 0. The van der Waals surface area contributed by atoms with Crippen molar-refractivity contribution < 1.29 is 0 Å². The van der Waals surface area contributed by atoms with E-state index in [-0.39, 0.29) is 0 Å². The van der Waals surface area contributed by atoms with Gasteiger partial charge < -0.3 is 0 Å². The third-order valence-electron chi connectivity index (χ3n) is 1.59. The molecule has 1 aromatic carbocycles. The van der Waals surface area contributed by atoms with Gasteiger partial charge in [-0.3, -0.25) is 0 Å². The van der Waals surface area contributed by atoms with E-state index in [0.717, 1.165) is 9.43 Å². The van der Waals surface area contributed by atoms with Crippen LogP contribution in [0.5, 0.6) is 0 Å². The van der Waals surface area contributed by atoms with Gasteiger partial charge in [-0.15, -0.1) is 11.3 Å². The van der Waals surface area contributed by atoms with Crippen molar-refractivity contribution in [1.82, 2.24) is 4.98 Å². The van der Waals surface area contributed by atoms with Gasteiger partial charge in [0.2, 0.25) is 0 Å². The largest absolute Gasteiger partial charge is 0.229 e. The zero-order chi connectivity index (χ0) is 7.84. The quantitative estimate of drug-likeness (QED) is 0.673. The van der Waals surface area contributed by atoms with Gasteiger partial charge in [0.1, 0.15) is 0 Å². The smallest absolute Gasteiger partial charge is 0.160 e. The van der Waals surface area contributed by atoms with Gasteiger partial charge in [0.15, 0.2) is 3.92 Å². The SMILES string of the molecule is Cc1cccc2sc(Br)nc12. The number of fused-ring (bicyclic) bond motifs is 1. The summed E-state index contributed by atoms with van der Waals surface area (Å²) in [4.78, 5) is 4.35. The molecule has 0 aliphatic carbocycles. The Morgan fingerprint density at radius 2 is 2.27 bits per heavy atom. The lowest BCUT2D eigenvalue weighted by molar-refractivity contribution is 1.40. The molecule has 0 radical (unpaired) electrons. The number of hydrogen-bond acceptors (Lipinski definition) is 2. The Balaban J connectivity index is 2.90. The summed E-state index contributed by atoms with van der Waals surface area (Å²) in [5.41, 5.74) is 2.36. The first-order valence-electron chi connectivity index (χ1n) is 3.29. The molecule has 0 fully saturated rings. The topological polar surface area (TPSA) is 12.9 Å². The van der Waals surface area contributed by atoms with Crippen molar-refractivity contribution in [1.29, 1.82) is 0 Å². The summed E-state index contributed by atoms with van der Waals surface area (Å²) < 4.78 is 2.21. The summed E-state index contributed by atoms with van der Waals surface area (Å²) in [6.45, 7) is 2.08. The molecule has 0 amide bonds. The second kappa shape index (κ2) is 2.57. The molecule has 0 saturated carbocycles. The van der Waals surface area contributed by atoms with E-state index in [2.05, 4.69) is 46.0 Å². The highest BCUT2D eigenvalue weighted by atomic mass is 79.9. The highest BCUT2D eigenvalue weighted by molar-refractivity contribution is 9.11. The standard InChI is InChI=1S/C8H6BrNS/c1-5-3-2-4-6-7(5)10-8(9)11-6/h2-4H,1H3. The van der Waals surface area contributed by atoms with Gasteiger partial charge in [0, 0.05) is 0 Å². The van der Waals surface area contributed by atoms with Crippen molar-refractivity contribution in [3.63, 3.8) is 0 Å². The minimum absolute atomic E-state index is 0.960. The van der Waals surface area contributed by atoms with Crippen molar-refractivity contribution >= 4 is 37.5 Å². The normalized spacial score (nSPS) is 10.7. The van der Waals surface area contributed by atoms with Crippen molar-refractivity contribution in [2.45, 2.75) is 6.92 Å². The minimum atomic E-state index is 0.960. The summed E-state index contributed by atoms with van der Waals surface area (Å²) in [6, 6.07) is 6.22. The zero-order valence-electron chi connectivity index (χ0n) is 5.97. The highest BCUT2D eigenvalue weighted by Gasteiger charge is 2.01. The third-order valence-corrected chi connectivity index (χ3v) is 3.07. The Morgan fingerprint density at radius 3 is 3.00 bits per heavy atom. The first-order valence-corrected chi connectivity index (χ1v) is 4.90. The molecule has 3 heteroatoms. The summed E-state index contributed by atoms with van der Waals surface area (Å²) in [5, 5.41) is 0. The second-order valence-corrected chi connectivity index (χ2v) is 4.70. The van der Waals surface area contributed by atoms with Crippen molar-refractivity contribution in [2.75, 3.05) is 0 Å². The van der Waals surface area contributed by atoms with E-state index in [9.17, 15) is 0 Å². The van der Waals surface area contributed by atoms with Crippen LogP contribution >= 0.6 is 27.3 Å². The van der Waals surface area contributed by atoms with Crippen LogP contribution in [0.25, 0.3) is 10.2 Å². The van der Waals surface area contributed by atoms with E-state index >= 15 is 0 Å². The number of halogens is 1. The van der Waals surface area contributed by atoms with E-state index < -0.39 is 0 Å². The molecule has 0 N–H and O–H groups in total. The Morgan fingerprint density at radius 1 is 1.45 bits per heavy atom. The fourth-order valence-corrected chi connectivity index (χ4v) is 2.53. The molecule has 0 aliphatic heterocycles. The molecular formula is C8H6BrNS. The highest BCUT2D eigenvalue weighted by Crippen LogP contribution is 2.27. The van der Waals surface area contributed by atoms with Crippen LogP contribution < -0.4 is 0 Å². The molecule has 11 heavy (non-hydrogen) atoms. The maximum atomic E-state index is 4.35. The van der Waals surface area contributed by atoms with Crippen LogP contribution in [0.2, 0.25) is 0 Å². The van der Waals surface area contributed by atoms with Gasteiger partial charge in [-0.2, -0.15) is 0 Å². The van der Waals surface area contributed by atoms with Crippen LogP contribution in [0.4, 0.5) is 0 Å². The predicted octanol–water partition coefficient (Wildman–Crippen LogP) is 3.37. The lowest BCUT2D eigenvalue weighted by Crippen LogP contribution is -1.73. The fourth-order valence-electron chi connectivity index (χ4n) is 1.06. The summed E-state index contributed by atoms with van der Waals surface area (Å²) in [6.07, 6.45) is 0. The maximum Gasteiger partial charge on any atom is 0.160 e. The van der Waals surface area contributed by atoms with Crippen molar-refractivity contribution in [3.05, 3.63) is 27.7 Å². The van der Waals surface area contributed by atoms with Gasteiger partial charge in [0.25, 0.3) is 0 Å². The van der Waals surface area contributed by atoms with E-state index in [1.165, 1.54) is 10.3 Å². The van der Waals surface area contributed by atoms with E-state index in [1.807, 2.05) is 0 Å². The molecule has 1 heterocycles. The Bertz CT molecular complexity index is 394. The predicted molar refractivity (Wildman–Crippen MR) is 52.1 cm³/mol. The molecule has 56 valence electrons. The monoisotopic (exact) mass is 227 g/mol. The van der Waals surface area contributed by atoms with Gasteiger partial charge in [-0.25, -0.2) is 4.98 Å². The fraction of sp³-hybridized carbons (Fsp3) is 0.125. The number of para-hydroxylation sites is 1. The molecule has 2 aromatic rings. The van der Waals surface area contributed by atoms with Gasteiger partial charge >= 0.3 is 0 Å². The molecule has 2 rings (SSSR count). The lowest BCUT2D eigenvalue weighted by atomic mass is 10.2. The van der Waals surface area contributed by atoms with Crippen molar-refractivity contribution in [3.8, 4) is 0 Å². The molecule has 0 spiro atoms. The van der Waals surface area contributed by atoms with Crippen LogP contribution in [0, 0.1) is 6.92 Å². The average Bonchev–Trinajstić information content (AvgIpc) is 2.31. The molecule has 1 aromatic heterocycles. The summed E-state index contributed by atoms with van der Waals surface area (Å²) in [5.74, 6) is 0. The van der Waals surface area contributed by atoms with Gasteiger partial charge in [-0.05, 0) is 34.5 Å². The van der Waals surface area contributed by atoms with Crippen LogP contribution in [0.15, 0.2) is 22.1 Å². The average molecular weight is 228 g/mol. The first-order chi connectivity index (χ1) is 5.27. The van der Waals surface area contributed by atoms with Crippen molar-refractivity contribution in [2.24, 2.45) is 0 Å². The maximum absolute atomic E-state index is 4.35. The number of thiazole rings is 1. The van der Waals surface area contributed by atoms with Crippen LogP contribution in [0.3, 0.4) is 0 Å². The molecule has 0 unspecified atom stereocenters. The summed E-state index contributed by atoms with van der Waals surface area (Å²) in [7, 11) is 0. The van der Waals surface area contributed by atoms with Crippen LogP contribution in [-0.4, -0.2) is 4.98 Å². The summed E-state index contributed by atoms with van der Waals surface area (Å²) >= 11 is 5.04. The van der Waals surface area contributed by atoms with Gasteiger partial charge in [-0.1, -0.05) is 12.1 Å². The Labute approximate surface area is 77.2 Å². The Kier molecular flexibility index (Phi) is 1.69. The van der Waals surface area contributed by atoms with Crippen LogP contribution in [-0.2, 0) is 0 Å². The van der Waals surface area contributed by atoms with E-state index in [4.69, 9.17) is 0 Å². The molecule has 0 saturated heterocycles. The number of hydrogen-bond donors (Lipinski definition) is 0. The Hall–Kier alpha value is -0.410. The number of benzene rings is 1. The molecule has 0 atom stereocenters. The van der Waals surface area contributed by atoms with Gasteiger partial charge in [0.05, 0.1) is 10.2 Å². The number of aromatic nitrogens is 1. The number of nitrogens with zero attached hydrogens (tertiary/aromatic N) is 1. The van der Waals surface area contributed by atoms with Crippen LogP contribution in [0.1, 0.15) is 5.56 Å². The molecule has 0 bridgehead atoms. The third kappa shape index (κ3) is 1.19. The molecular weight excluding hydrogens is 222 g/mol.